The van der Waals surface area contributed by atoms with Crippen molar-refractivity contribution in [2.45, 2.75) is 108 Å². The number of hydrogen-bond donors (Lipinski definition) is 0. The SMILES string of the molecule is O=P(OCc1ccccc1)(OCc1ccccc1)O[C@@H]1[C@@H](OCc2ccccc2)[C@@H](O[C@H]2[C@@H](OP(=O)(OCc3ccccc3)OCc3ccccc3)CO[C@@H]2COCc2ccccc2)O[C@H](COCc2ccccc2)[C@H]1OP(=O)(OCc1ccccc1)OCc1ccccc1. The van der Waals surface area contributed by atoms with E-state index >= 15 is 13.7 Å². The summed E-state index contributed by atoms with van der Waals surface area (Å²) in [5.74, 6) is 0. The maximum atomic E-state index is 16.2. The predicted molar refractivity (Wildman–Crippen MR) is 355 cm³/mol. The lowest BCUT2D eigenvalue weighted by atomic mass is 9.98. The average Bonchev–Trinajstić information content (AvgIpc) is 1.65. The van der Waals surface area contributed by atoms with E-state index in [0.29, 0.717) is 38.9 Å². The van der Waals surface area contributed by atoms with Gasteiger partial charge in [-0.1, -0.05) is 273 Å². The zero-order valence-corrected chi connectivity index (χ0v) is 55.0. The number of benzene rings is 9. The number of rotatable bonds is 37. The third-order valence-electron chi connectivity index (χ3n) is 15.3. The van der Waals surface area contributed by atoms with E-state index in [2.05, 4.69) is 0 Å². The number of phosphoric acid groups is 3. The van der Waals surface area contributed by atoms with Gasteiger partial charge in [0.1, 0.15) is 42.7 Å². The molecule has 11 rings (SSSR count). The first-order valence-corrected chi connectivity index (χ1v) is 35.8. The van der Waals surface area contributed by atoms with Crippen LogP contribution in [0.25, 0.3) is 0 Å². The summed E-state index contributed by atoms with van der Waals surface area (Å²) >= 11 is 0. The molecule has 8 atom stereocenters. The second-order valence-electron chi connectivity index (χ2n) is 22.5. The van der Waals surface area contributed by atoms with E-state index in [-0.39, 0.29) is 79.3 Å². The summed E-state index contributed by atoms with van der Waals surface area (Å²) in [6.45, 7) is -1.72. The van der Waals surface area contributed by atoms with Crippen LogP contribution >= 0.6 is 23.5 Å². The van der Waals surface area contributed by atoms with Crippen LogP contribution in [0, 0.1) is 0 Å². The molecule has 2 aliphatic heterocycles. The maximum Gasteiger partial charge on any atom is 0.475 e. The smallest absolute Gasteiger partial charge is 0.374 e. The minimum absolute atomic E-state index is 0.0679. The van der Waals surface area contributed by atoms with Crippen LogP contribution in [0.2, 0.25) is 0 Å². The van der Waals surface area contributed by atoms with E-state index in [9.17, 15) is 0 Å². The van der Waals surface area contributed by atoms with Gasteiger partial charge in [-0.25, -0.2) is 13.7 Å². The molecule has 0 spiro atoms. The molecule has 0 amide bonds. The van der Waals surface area contributed by atoms with Crippen LogP contribution < -0.4 is 0 Å². The summed E-state index contributed by atoms with van der Waals surface area (Å²) in [7, 11) is -14.4. The second kappa shape index (κ2) is 35.9. The lowest BCUT2D eigenvalue weighted by molar-refractivity contribution is -0.325. The van der Waals surface area contributed by atoms with Gasteiger partial charge in [0.15, 0.2) is 6.29 Å². The maximum absolute atomic E-state index is 16.2. The fraction of sp³-hybridized carbons (Fsp3) is 0.270. The lowest BCUT2D eigenvalue weighted by Gasteiger charge is -2.47. The van der Waals surface area contributed by atoms with Crippen molar-refractivity contribution >= 4 is 23.5 Å². The van der Waals surface area contributed by atoms with Gasteiger partial charge in [-0.2, -0.15) is 0 Å². The van der Waals surface area contributed by atoms with Gasteiger partial charge < -0.3 is 28.4 Å². The molecule has 2 saturated heterocycles. The molecule has 0 aromatic heterocycles. The molecule has 496 valence electrons. The third-order valence-corrected chi connectivity index (χ3v) is 19.5. The zero-order chi connectivity index (χ0) is 65.2. The molecule has 0 bridgehead atoms. The van der Waals surface area contributed by atoms with Gasteiger partial charge in [-0.15, -0.1) is 0 Å². The number of hydrogen-bond acceptors (Lipinski definition) is 18. The molecule has 2 fully saturated rings. The van der Waals surface area contributed by atoms with Crippen LogP contribution in [0.4, 0.5) is 0 Å². The summed E-state index contributed by atoms with van der Waals surface area (Å²) in [5.41, 5.74) is 6.41. The highest BCUT2D eigenvalue weighted by Crippen LogP contribution is 2.59. The standard InChI is InChI=1S/C74H77O18P3/c75-93(82-49-61-34-16-4-17-35-61,83-50-62-36-18-5-19-37-62)90-69-57-80-67(55-78-46-58-28-10-1-11-29-58)70(69)89-74-73(81-48-60-32-14-3-15-33-60)72(92-95(77,86-53-65-42-24-8-25-43-65)87-54-66-44-26-9-27-45-66)71(68(88-74)56-79-47-59-30-12-2-13-31-59)91-94(76,84-51-63-38-20-6-21-39-63)85-52-64-40-22-7-23-41-64/h1-45,67-74H,46-57H2/t67-,68-,69+,70-,71-,72+,73-,74-/m1/s1. The largest absolute Gasteiger partial charge is 0.475 e. The molecular formula is C74H77O18P3. The first kappa shape index (κ1) is 69.4. The van der Waals surface area contributed by atoms with Crippen LogP contribution in [0.5, 0.6) is 0 Å². The van der Waals surface area contributed by atoms with E-state index in [1.165, 1.54) is 0 Å². The predicted octanol–water partition coefficient (Wildman–Crippen LogP) is 16.3. The molecule has 0 aliphatic carbocycles. The Kier molecular flexibility index (Phi) is 26.2. The fourth-order valence-electron chi connectivity index (χ4n) is 10.4. The minimum Gasteiger partial charge on any atom is -0.374 e. The highest BCUT2D eigenvalue weighted by atomic mass is 31.2. The van der Waals surface area contributed by atoms with E-state index in [1.807, 2.05) is 273 Å². The van der Waals surface area contributed by atoms with Crippen LogP contribution in [0.3, 0.4) is 0 Å². The first-order chi connectivity index (χ1) is 46.6. The second-order valence-corrected chi connectivity index (χ2v) is 27.3. The summed E-state index contributed by atoms with van der Waals surface area (Å²) in [6, 6.07) is 83.3. The third kappa shape index (κ3) is 21.8. The number of ether oxygens (including phenoxy) is 6. The Labute approximate surface area is 555 Å². The van der Waals surface area contributed by atoms with Gasteiger partial charge in [0, 0.05) is 0 Å². The minimum atomic E-state index is -4.93. The molecule has 9 aromatic carbocycles. The van der Waals surface area contributed by atoms with Gasteiger partial charge in [-0.05, 0) is 50.1 Å². The van der Waals surface area contributed by atoms with Crippen molar-refractivity contribution in [2.24, 2.45) is 0 Å². The van der Waals surface area contributed by atoms with Crippen LogP contribution in [-0.2, 0) is 142 Å². The Morgan fingerprint density at radius 1 is 0.295 bits per heavy atom. The normalized spacial score (nSPS) is 20.0. The van der Waals surface area contributed by atoms with Crippen LogP contribution in [0.1, 0.15) is 50.1 Å². The lowest BCUT2D eigenvalue weighted by Crippen LogP contribution is -2.62. The Morgan fingerprint density at radius 2 is 0.568 bits per heavy atom. The van der Waals surface area contributed by atoms with Crippen molar-refractivity contribution in [2.75, 3.05) is 19.8 Å². The van der Waals surface area contributed by atoms with E-state index in [0.717, 1.165) is 11.1 Å². The summed E-state index contributed by atoms with van der Waals surface area (Å²) < 4.78 is 147. The molecular weight excluding hydrogens is 1270 g/mol. The molecule has 18 nitrogen and oxygen atoms in total. The van der Waals surface area contributed by atoms with Crippen molar-refractivity contribution in [3.05, 3.63) is 323 Å². The molecule has 0 unspecified atom stereocenters. The monoisotopic (exact) mass is 1350 g/mol. The molecule has 0 radical (unpaired) electrons. The van der Waals surface area contributed by atoms with Gasteiger partial charge in [0.2, 0.25) is 0 Å². The highest BCUT2D eigenvalue weighted by molar-refractivity contribution is 7.49. The molecule has 21 heteroatoms. The Morgan fingerprint density at radius 3 is 0.895 bits per heavy atom. The average molecular weight is 1350 g/mol. The van der Waals surface area contributed by atoms with E-state index in [4.69, 9.17) is 69.1 Å². The van der Waals surface area contributed by atoms with E-state index in [1.54, 1.807) is 0 Å². The highest BCUT2D eigenvalue weighted by Gasteiger charge is 2.57. The van der Waals surface area contributed by atoms with Crippen LogP contribution in [-0.4, -0.2) is 68.8 Å². The van der Waals surface area contributed by atoms with Crippen molar-refractivity contribution in [3.8, 4) is 0 Å². The summed E-state index contributed by atoms with van der Waals surface area (Å²) in [5, 5.41) is 0. The zero-order valence-electron chi connectivity index (χ0n) is 52.3. The van der Waals surface area contributed by atoms with Crippen molar-refractivity contribution < 1.29 is 82.8 Å². The van der Waals surface area contributed by atoms with Gasteiger partial charge >= 0.3 is 23.5 Å². The van der Waals surface area contributed by atoms with Gasteiger partial charge in [0.05, 0.1) is 79.3 Å². The number of phosphoric ester groups is 3. The molecule has 2 aliphatic rings. The Hall–Kier alpha value is -6.93. The van der Waals surface area contributed by atoms with Crippen LogP contribution in [0.15, 0.2) is 273 Å². The summed E-state index contributed by atoms with van der Waals surface area (Å²) in [4.78, 5) is 0. The topological polar surface area (TPSA) is 190 Å². The van der Waals surface area contributed by atoms with Crippen molar-refractivity contribution in [1.82, 2.24) is 0 Å². The summed E-state index contributed by atoms with van der Waals surface area (Å²) in [6.07, 6.45) is -11.4. The molecule has 95 heavy (non-hydrogen) atoms. The molecule has 0 N–H and O–H groups in total. The fourth-order valence-corrected chi connectivity index (χ4v) is 14.4. The first-order valence-electron chi connectivity index (χ1n) is 31.4. The molecule has 9 aromatic rings. The quantitative estimate of drug-likeness (QED) is 0.0334. The van der Waals surface area contributed by atoms with Gasteiger partial charge in [0.25, 0.3) is 0 Å². The molecule has 2 heterocycles. The van der Waals surface area contributed by atoms with Gasteiger partial charge in [-0.3, -0.25) is 40.7 Å². The van der Waals surface area contributed by atoms with Crippen molar-refractivity contribution in [1.29, 1.82) is 0 Å². The molecule has 0 saturated carbocycles. The van der Waals surface area contributed by atoms with E-state index < -0.39 is 72.5 Å². The van der Waals surface area contributed by atoms with Crippen molar-refractivity contribution in [3.63, 3.8) is 0 Å². The Bertz CT molecular complexity index is 3640. The Balaban J connectivity index is 1.02.